The predicted molar refractivity (Wildman–Crippen MR) is 94.7 cm³/mol. The molecule has 0 saturated carbocycles. The third-order valence-electron chi connectivity index (χ3n) is 3.77. The molecule has 22 heavy (non-hydrogen) atoms. The highest BCUT2D eigenvalue weighted by Crippen LogP contribution is 2.20. The molecule has 0 unspecified atom stereocenters. The highest BCUT2D eigenvalue weighted by molar-refractivity contribution is 7.80. The summed E-state index contributed by atoms with van der Waals surface area (Å²) in [5.74, 6) is -0.314. The van der Waals surface area contributed by atoms with E-state index in [9.17, 15) is 4.39 Å². The summed E-state index contributed by atoms with van der Waals surface area (Å²) in [6.07, 6.45) is 0.890. The van der Waals surface area contributed by atoms with E-state index >= 15 is 0 Å². The number of halogens is 1. The smallest absolute Gasteiger partial charge is 0.171 e. The van der Waals surface area contributed by atoms with Crippen molar-refractivity contribution in [2.75, 3.05) is 5.32 Å². The predicted octanol–water partition coefficient (Wildman–Crippen LogP) is 4.88. The van der Waals surface area contributed by atoms with Crippen LogP contribution in [0.5, 0.6) is 0 Å². The average Bonchev–Trinajstić information content (AvgIpc) is 2.50. The van der Waals surface area contributed by atoms with Gasteiger partial charge >= 0.3 is 0 Å². The molecule has 0 spiro atoms. The Morgan fingerprint density at radius 1 is 1.14 bits per heavy atom. The fraction of sp³-hybridized carbons (Fsp3) is 0.278. The van der Waals surface area contributed by atoms with Crippen LogP contribution >= 0.6 is 12.2 Å². The Balaban J connectivity index is 2.08. The Morgan fingerprint density at radius 3 is 2.50 bits per heavy atom. The van der Waals surface area contributed by atoms with Crippen molar-refractivity contribution < 1.29 is 4.39 Å². The van der Waals surface area contributed by atoms with Gasteiger partial charge in [-0.15, -0.1) is 0 Å². The van der Waals surface area contributed by atoms with Crippen LogP contribution in [-0.2, 0) is 0 Å². The van der Waals surface area contributed by atoms with Crippen LogP contribution in [0.25, 0.3) is 0 Å². The van der Waals surface area contributed by atoms with Crippen LogP contribution in [0.1, 0.15) is 36.1 Å². The van der Waals surface area contributed by atoms with Crippen LogP contribution < -0.4 is 10.6 Å². The summed E-state index contributed by atoms with van der Waals surface area (Å²) in [5.41, 5.74) is 4.09. The van der Waals surface area contributed by atoms with E-state index in [0.717, 1.165) is 6.42 Å². The van der Waals surface area contributed by atoms with Gasteiger partial charge in [-0.1, -0.05) is 37.3 Å². The monoisotopic (exact) mass is 316 g/mol. The summed E-state index contributed by atoms with van der Waals surface area (Å²) < 4.78 is 13.6. The van der Waals surface area contributed by atoms with Gasteiger partial charge in [-0.2, -0.15) is 0 Å². The second-order valence-electron chi connectivity index (χ2n) is 5.38. The molecule has 0 amide bonds. The zero-order valence-corrected chi connectivity index (χ0v) is 13.9. The lowest BCUT2D eigenvalue weighted by atomic mass is 9.99. The van der Waals surface area contributed by atoms with E-state index in [1.54, 1.807) is 18.2 Å². The molecule has 0 aliphatic carbocycles. The summed E-state index contributed by atoms with van der Waals surface area (Å²) in [4.78, 5) is 0. The molecule has 2 aromatic carbocycles. The second kappa shape index (κ2) is 7.36. The lowest BCUT2D eigenvalue weighted by molar-refractivity contribution is 0.623. The average molecular weight is 316 g/mol. The van der Waals surface area contributed by atoms with Gasteiger partial charge in [-0.05, 0) is 61.3 Å². The molecule has 0 heterocycles. The molecular formula is C18H21FN2S. The molecule has 0 bridgehead atoms. The van der Waals surface area contributed by atoms with Gasteiger partial charge in [0.2, 0.25) is 0 Å². The molecule has 0 fully saturated rings. The number of rotatable bonds is 4. The zero-order chi connectivity index (χ0) is 16.1. The Bertz CT molecular complexity index is 670. The number of thiocarbonyl (C=S) groups is 1. The first-order valence-electron chi connectivity index (χ1n) is 7.40. The van der Waals surface area contributed by atoms with Crippen LogP contribution in [-0.4, -0.2) is 5.11 Å². The minimum absolute atomic E-state index is 0.103. The van der Waals surface area contributed by atoms with E-state index in [0.29, 0.717) is 10.8 Å². The molecule has 116 valence electrons. The Morgan fingerprint density at radius 2 is 1.86 bits per heavy atom. The molecule has 2 N–H and O–H groups in total. The van der Waals surface area contributed by atoms with Crippen LogP contribution in [0, 0.1) is 19.7 Å². The van der Waals surface area contributed by atoms with Crippen LogP contribution in [0.2, 0.25) is 0 Å². The standard InChI is InChI=1S/C18H21FN2S/c1-4-16(14-10-9-12(2)13(3)11-14)20-18(22)21-17-8-6-5-7-15(17)19/h5-11,16H,4H2,1-3H3,(H2,20,21,22)/t16-/m0/s1. The number of aryl methyl sites for hydroxylation is 2. The summed E-state index contributed by atoms with van der Waals surface area (Å²) in [6.45, 7) is 6.29. The summed E-state index contributed by atoms with van der Waals surface area (Å²) in [7, 11) is 0. The van der Waals surface area contributed by atoms with Crippen LogP contribution in [0.4, 0.5) is 10.1 Å². The number of hydrogen-bond donors (Lipinski definition) is 2. The number of anilines is 1. The molecule has 2 nitrogen and oxygen atoms in total. The summed E-state index contributed by atoms with van der Waals surface area (Å²) in [5, 5.41) is 6.60. The maximum Gasteiger partial charge on any atom is 0.171 e. The Kier molecular flexibility index (Phi) is 5.50. The second-order valence-corrected chi connectivity index (χ2v) is 5.79. The third kappa shape index (κ3) is 4.04. The molecule has 0 aliphatic rings. The maximum absolute atomic E-state index is 13.6. The molecule has 0 saturated heterocycles. The van der Waals surface area contributed by atoms with Gasteiger partial charge < -0.3 is 10.6 Å². The first-order chi connectivity index (χ1) is 10.5. The fourth-order valence-corrected chi connectivity index (χ4v) is 2.53. The van der Waals surface area contributed by atoms with Gasteiger partial charge in [-0.25, -0.2) is 4.39 Å². The SMILES string of the molecule is CC[C@H](NC(=S)Nc1ccccc1F)c1ccc(C)c(C)c1. The molecule has 0 radical (unpaired) electrons. The number of nitrogens with one attached hydrogen (secondary N) is 2. The van der Waals surface area contributed by atoms with Crippen molar-refractivity contribution in [3.05, 3.63) is 65.0 Å². The number of para-hydroxylation sites is 1. The first-order valence-corrected chi connectivity index (χ1v) is 7.81. The summed E-state index contributed by atoms with van der Waals surface area (Å²) >= 11 is 5.31. The van der Waals surface area contributed by atoms with Gasteiger partial charge in [0.15, 0.2) is 5.11 Å². The highest BCUT2D eigenvalue weighted by atomic mass is 32.1. The van der Waals surface area contributed by atoms with Crippen molar-refractivity contribution in [3.8, 4) is 0 Å². The van der Waals surface area contributed by atoms with Gasteiger partial charge in [-0.3, -0.25) is 0 Å². The zero-order valence-electron chi connectivity index (χ0n) is 13.1. The van der Waals surface area contributed by atoms with Crippen LogP contribution in [0.15, 0.2) is 42.5 Å². The minimum Gasteiger partial charge on any atom is -0.356 e. The van der Waals surface area contributed by atoms with Crippen molar-refractivity contribution in [2.45, 2.75) is 33.2 Å². The lowest BCUT2D eigenvalue weighted by Gasteiger charge is -2.21. The first kappa shape index (κ1) is 16.4. The number of hydrogen-bond acceptors (Lipinski definition) is 1. The van der Waals surface area contributed by atoms with Crippen molar-refractivity contribution in [3.63, 3.8) is 0 Å². The van der Waals surface area contributed by atoms with Crippen molar-refractivity contribution in [1.29, 1.82) is 0 Å². The van der Waals surface area contributed by atoms with Crippen molar-refractivity contribution in [1.82, 2.24) is 5.32 Å². The van der Waals surface area contributed by atoms with Gasteiger partial charge in [0.05, 0.1) is 11.7 Å². The maximum atomic E-state index is 13.6. The lowest BCUT2D eigenvalue weighted by Crippen LogP contribution is -2.32. The van der Waals surface area contributed by atoms with E-state index in [1.165, 1.54) is 22.8 Å². The molecule has 0 aliphatic heterocycles. The van der Waals surface area contributed by atoms with Gasteiger partial charge in [0.1, 0.15) is 5.82 Å². The van der Waals surface area contributed by atoms with E-state index in [-0.39, 0.29) is 11.9 Å². The van der Waals surface area contributed by atoms with E-state index < -0.39 is 0 Å². The topological polar surface area (TPSA) is 24.1 Å². The highest BCUT2D eigenvalue weighted by Gasteiger charge is 2.12. The van der Waals surface area contributed by atoms with Gasteiger partial charge in [0, 0.05) is 0 Å². The van der Waals surface area contributed by atoms with Crippen LogP contribution in [0.3, 0.4) is 0 Å². The fourth-order valence-electron chi connectivity index (χ4n) is 2.28. The Hall–Kier alpha value is -1.94. The van der Waals surface area contributed by atoms with E-state index in [1.807, 2.05) is 0 Å². The largest absolute Gasteiger partial charge is 0.356 e. The van der Waals surface area contributed by atoms with Crippen molar-refractivity contribution >= 4 is 23.0 Å². The molecular weight excluding hydrogens is 295 g/mol. The van der Waals surface area contributed by atoms with Crippen molar-refractivity contribution in [2.24, 2.45) is 0 Å². The molecule has 1 atom stereocenters. The quantitative estimate of drug-likeness (QED) is 0.786. The van der Waals surface area contributed by atoms with E-state index in [2.05, 4.69) is 49.6 Å². The summed E-state index contributed by atoms with van der Waals surface area (Å²) in [6, 6.07) is 13.0. The van der Waals surface area contributed by atoms with Gasteiger partial charge in [0.25, 0.3) is 0 Å². The number of benzene rings is 2. The normalized spacial score (nSPS) is 11.8. The molecule has 2 rings (SSSR count). The molecule has 4 heteroatoms. The van der Waals surface area contributed by atoms with E-state index in [4.69, 9.17) is 12.2 Å². The Labute approximate surface area is 136 Å². The third-order valence-corrected chi connectivity index (χ3v) is 3.99. The molecule has 0 aromatic heterocycles. The minimum atomic E-state index is -0.314. The molecule has 2 aromatic rings.